The van der Waals surface area contributed by atoms with Crippen molar-refractivity contribution < 1.29 is 14.6 Å². The average molecular weight is 206 g/mol. The second-order valence-electron chi connectivity index (χ2n) is 2.89. The Bertz CT molecular complexity index is 150. The van der Waals surface area contributed by atoms with E-state index in [-0.39, 0.29) is 5.97 Å². The predicted molar refractivity (Wildman–Crippen MR) is 54.9 cm³/mol. The average Bonchev–Trinajstić information content (AvgIpc) is 2.15. The zero-order valence-electron chi connectivity index (χ0n) is 8.45. The number of hydrogen-bond acceptors (Lipinski definition) is 4. The molecule has 0 aromatic rings. The van der Waals surface area contributed by atoms with E-state index < -0.39 is 11.4 Å². The van der Waals surface area contributed by atoms with Gasteiger partial charge in [0.25, 0.3) is 0 Å². The number of esters is 1. The quantitative estimate of drug-likeness (QED) is 0.668. The zero-order chi connectivity index (χ0) is 10.3. The second kappa shape index (κ2) is 7.21. The Kier molecular flexibility index (Phi) is 7.09. The number of ether oxygens (including phenoxy) is 1. The van der Waals surface area contributed by atoms with E-state index in [0.29, 0.717) is 6.42 Å². The summed E-state index contributed by atoms with van der Waals surface area (Å²) >= 11 is 1.34. The van der Waals surface area contributed by atoms with Crippen LogP contribution in [0.15, 0.2) is 0 Å². The molecule has 0 rings (SSSR count). The van der Waals surface area contributed by atoms with E-state index in [0.717, 1.165) is 12.8 Å². The van der Waals surface area contributed by atoms with Gasteiger partial charge in [-0.05, 0) is 12.7 Å². The molecule has 0 unspecified atom stereocenters. The Labute approximate surface area is 83.9 Å². The minimum atomic E-state index is -0.581. The number of methoxy groups -OCH3 is 1. The van der Waals surface area contributed by atoms with Crippen LogP contribution in [-0.2, 0) is 9.53 Å². The SMILES string of the molecule is CCCC[C@@H](O)[C@H](SC)C(=O)OC. The van der Waals surface area contributed by atoms with Crippen molar-refractivity contribution in [1.82, 2.24) is 0 Å². The van der Waals surface area contributed by atoms with Crippen molar-refractivity contribution in [3.63, 3.8) is 0 Å². The minimum absolute atomic E-state index is 0.337. The number of aliphatic hydroxyl groups excluding tert-OH is 1. The van der Waals surface area contributed by atoms with E-state index in [4.69, 9.17) is 0 Å². The highest BCUT2D eigenvalue weighted by Crippen LogP contribution is 2.17. The molecule has 78 valence electrons. The number of hydrogen-bond donors (Lipinski definition) is 1. The van der Waals surface area contributed by atoms with E-state index in [2.05, 4.69) is 11.7 Å². The maximum Gasteiger partial charge on any atom is 0.321 e. The van der Waals surface area contributed by atoms with Gasteiger partial charge in [-0.2, -0.15) is 0 Å². The number of rotatable bonds is 6. The molecule has 0 spiro atoms. The molecule has 0 aliphatic heterocycles. The van der Waals surface area contributed by atoms with Crippen molar-refractivity contribution >= 4 is 17.7 Å². The number of unbranched alkanes of at least 4 members (excludes halogenated alkanes) is 1. The zero-order valence-corrected chi connectivity index (χ0v) is 9.26. The molecule has 4 heteroatoms. The molecule has 0 amide bonds. The van der Waals surface area contributed by atoms with Crippen LogP contribution in [0.25, 0.3) is 0 Å². The Hall–Kier alpha value is -0.220. The Morgan fingerprint density at radius 3 is 2.62 bits per heavy atom. The first-order valence-corrected chi connectivity index (χ1v) is 5.74. The standard InChI is InChI=1S/C9H18O3S/c1-4-5-6-7(10)8(13-3)9(11)12-2/h7-8,10H,4-6H2,1-3H3/t7-,8+/m1/s1. The normalized spacial score (nSPS) is 15.1. The lowest BCUT2D eigenvalue weighted by Gasteiger charge is -2.18. The smallest absolute Gasteiger partial charge is 0.321 e. The molecule has 1 N–H and O–H groups in total. The fourth-order valence-electron chi connectivity index (χ4n) is 1.09. The first-order valence-electron chi connectivity index (χ1n) is 4.46. The first kappa shape index (κ1) is 12.8. The van der Waals surface area contributed by atoms with Gasteiger partial charge >= 0.3 is 5.97 Å². The highest BCUT2D eigenvalue weighted by Gasteiger charge is 2.25. The lowest BCUT2D eigenvalue weighted by Crippen LogP contribution is -2.31. The predicted octanol–water partition coefficient (Wildman–Crippen LogP) is 1.44. The fourth-order valence-corrected chi connectivity index (χ4v) is 1.83. The van der Waals surface area contributed by atoms with Gasteiger partial charge < -0.3 is 9.84 Å². The maximum absolute atomic E-state index is 11.1. The van der Waals surface area contributed by atoms with Gasteiger partial charge in [0.05, 0.1) is 13.2 Å². The molecule has 2 atom stereocenters. The van der Waals surface area contributed by atoms with E-state index in [1.165, 1.54) is 18.9 Å². The molecular formula is C9H18O3S. The van der Waals surface area contributed by atoms with Gasteiger partial charge in [-0.3, -0.25) is 4.79 Å². The third-order valence-electron chi connectivity index (χ3n) is 1.89. The van der Waals surface area contributed by atoms with Crippen LogP contribution in [0.3, 0.4) is 0 Å². The topological polar surface area (TPSA) is 46.5 Å². The monoisotopic (exact) mass is 206 g/mol. The van der Waals surface area contributed by atoms with Gasteiger partial charge in [0.2, 0.25) is 0 Å². The number of aliphatic hydroxyl groups is 1. The molecule has 0 aliphatic rings. The van der Waals surface area contributed by atoms with E-state index >= 15 is 0 Å². The molecule has 0 aromatic heterocycles. The highest BCUT2D eigenvalue weighted by atomic mass is 32.2. The van der Waals surface area contributed by atoms with E-state index in [1.807, 2.05) is 0 Å². The van der Waals surface area contributed by atoms with Crippen molar-refractivity contribution in [2.75, 3.05) is 13.4 Å². The van der Waals surface area contributed by atoms with Gasteiger partial charge in [0.15, 0.2) is 0 Å². The summed E-state index contributed by atoms with van der Waals surface area (Å²) in [6, 6.07) is 0. The van der Waals surface area contributed by atoms with Gasteiger partial charge in [0, 0.05) is 0 Å². The van der Waals surface area contributed by atoms with Crippen LogP contribution in [0, 0.1) is 0 Å². The van der Waals surface area contributed by atoms with Crippen molar-refractivity contribution in [1.29, 1.82) is 0 Å². The van der Waals surface area contributed by atoms with Crippen LogP contribution in [0.1, 0.15) is 26.2 Å². The summed E-state index contributed by atoms with van der Waals surface area (Å²) in [4.78, 5) is 11.1. The largest absolute Gasteiger partial charge is 0.468 e. The molecular weight excluding hydrogens is 188 g/mol. The molecule has 0 aliphatic carbocycles. The highest BCUT2D eigenvalue weighted by molar-refractivity contribution is 7.99. The summed E-state index contributed by atoms with van der Waals surface area (Å²) in [5.74, 6) is -0.337. The van der Waals surface area contributed by atoms with Gasteiger partial charge in [-0.1, -0.05) is 19.8 Å². The molecule has 0 radical (unpaired) electrons. The third kappa shape index (κ3) is 4.52. The van der Waals surface area contributed by atoms with E-state index in [9.17, 15) is 9.90 Å². The van der Waals surface area contributed by atoms with Crippen LogP contribution < -0.4 is 0 Å². The van der Waals surface area contributed by atoms with Crippen LogP contribution in [-0.4, -0.2) is 35.8 Å². The molecule has 0 fully saturated rings. The van der Waals surface area contributed by atoms with Crippen LogP contribution in [0.4, 0.5) is 0 Å². The lowest BCUT2D eigenvalue weighted by atomic mass is 10.1. The summed E-state index contributed by atoms with van der Waals surface area (Å²) in [5.41, 5.74) is 0. The first-order chi connectivity index (χ1) is 6.17. The second-order valence-corrected chi connectivity index (χ2v) is 3.87. The number of carbonyl (C=O) groups is 1. The van der Waals surface area contributed by atoms with E-state index in [1.54, 1.807) is 6.26 Å². The van der Waals surface area contributed by atoms with Gasteiger partial charge in [-0.15, -0.1) is 11.8 Å². The fraction of sp³-hybridized carbons (Fsp3) is 0.889. The molecule has 0 saturated carbocycles. The Morgan fingerprint density at radius 1 is 1.62 bits per heavy atom. The van der Waals surface area contributed by atoms with Crippen LogP contribution in [0.2, 0.25) is 0 Å². The molecule has 0 bridgehead atoms. The number of carbonyl (C=O) groups excluding carboxylic acids is 1. The summed E-state index contributed by atoms with van der Waals surface area (Å²) in [5, 5.41) is 9.19. The molecule has 0 aromatic carbocycles. The summed E-state index contributed by atoms with van der Waals surface area (Å²) < 4.78 is 4.58. The number of thioether (sulfide) groups is 1. The minimum Gasteiger partial charge on any atom is -0.468 e. The molecule has 3 nitrogen and oxygen atoms in total. The van der Waals surface area contributed by atoms with Crippen molar-refractivity contribution in [3.8, 4) is 0 Å². The molecule has 13 heavy (non-hydrogen) atoms. The molecule has 0 saturated heterocycles. The van der Waals surface area contributed by atoms with Gasteiger partial charge in [-0.25, -0.2) is 0 Å². The Morgan fingerprint density at radius 2 is 2.23 bits per heavy atom. The van der Waals surface area contributed by atoms with Crippen LogP contribution >= 0.6 is 11.8 Å². The maximum atomic E-state index is 11.1. The summed E-state index contributed by atoms with van der Waals surface area (Å²) in [7, 11) is 1.35. The lowest BCUT2D eigenvalue weighted by molar-refractivity contribution is -0.142. The van der Waals surface area contributed by atoms with Crippen molar-refractivity contribution in [2.24, 2.45) is 0 Å². The molecule has 0 heterocycles. The van der Waals surface area contributed by atoms with Crippen molar-refractivity contribution in [3.05, 3.63) is 0 Å². The Balaban J connectivity index is 3.98. The van der Waals surface area contributed by atoms with Crippen LogP contribution in [0.5, 0.6) is 0 Å². The summed E-state index contributed by atoms with van der Waals surface area (Å²) in [6.07, 6.45) is 3.85. The van der Waals surface area contributed by atoms with Gasteiger partial charge in [0.1, 0.15) is 5.25 Å². The van der Waals surface area contributed by atoms with Crippen molar-refractivity contribution in [2.45, 2.75) is 37.5 Å². The third-order valence-corrected chi connectivity index (χ3v) is 2.90. The summed E-state index contributed by atoms with van der Waals surface area (Å²) in [6.45, 7) is 2.05.